The van der Waals surface area contributed by atoms with Crippen LogP contribution in [0.5, 0.6) is 0 Å². The summed E-state index contributed by atoms with van der Waals surface area (Å²) < 4.78 is 19.5. The predicted octanol–water partition coefficient (Wildman–Crippen LogP) is 12.1. The van der Waals surface area contributed by atoms with E-state index in [0.717, 1.165) is 82.8 Å². The number of oxazole rings is 1. The maximum atomic E-state index is 6.76. The zero-order valence-corrected chi connectivity index (χ0v) is 28.0. The fourth-order valence-electron chi connectivity index (χ4n) is 7.33. The molecule has 0 bridgehead atoms. The van der Waals surface area contributed by atoms with Crippen molar-refractivity contribution >= 4 is 55.0 Å². The van der Waals surface area contributed by atoms with Gasteiger partial charge in [-0.2, -0.15) is 0 Å². The van der Waals surface area contributed by atoms with Crippen LogP contribution in [0.2, 0.25) is 0 Å². The van der Waals surface area contributed by atoms with Gasteiger partial charge in [0.1, 0.15) is 27.8 Å². The monoisotopic (exact) mass is 682 g/mol. The second-order valence-corrected chi connectivity index (χ2v) is 13.0. The smallest absolute Gasteiger partial charge is 0.227 e. The lowest BCUT2D eigenvalue weighted by molar-refractivity contribution is 0.620. The highest BCUT2D eigenvalue weighted by atomic mass is 16.4. The molecule has 0 atom stereocenters. The van der Waals surface area contributed by atoms with E-state index in [2.05, 4.69) is 24.3 Å². The van der Waals surface area contributed by atoms with E-state index in [0.29, 0.717) is 28.9 Å². The Kier molecular flexibility index (Phi) is 6.42. The Morgan fingerprint density at radius 1 is 0.340 bits per heavy atom. The van der Waals surface area contributed by atoms with Gasteiger partial charge in [0.25, 0.3) is 0 Å². The van der Waals surface area contributed by atoms with Gasteiger partial charge in [0.05, 0.1) is 0 Å². The van der Waals surface area contributed by atoms with Gasteiger partial charge in [-0.1, -0.05) is 109 Å². The second kappa shape index (κ2) is 11.6. The molecule has 0 fully saturated rings. The number of furan rings is 2. The van der Waals surface area contributed by atoms with E-state index in [1.165, 1.54) is 0 Å². The van der Waals surface area contributed by atoms with Crippen LogP contribution in [0, 0.1) is 0 Å². The van der Waals surface area contributed by atoms with E-state index >= 15 is 0 Å². The topological polar surface area (TPSA) is 91.0 Å². The summed E-state index contributed by atoms with van der Waals surface area (Å²) in [4.78, 5) is 19.9. The molecule has 4 heterocycles. The van der Waals surface area contributed by atoms with Crippen molar-refractivity contribution in [3.05, 3.63) is 158 Å². The van der Waals surface area contributed by atoms with Gasteiger partial charge in [-0.3, -0.25) is 0 Å². The molecule has 11 rings (SSSR count). The van der Waals surface area contributed by atoms with Crippen LogP contribution < -0.4 is 0 Å². The van der Waals surface area contributed by atoms with Crippen LogP contribution in [0.4, 0.5) is 0 Å². The molecule has 7 heteroatoms. The highest BCUT2D eigenvalue weighted by molar-refractivity contribution is 6.20. The molecule has 7 aromatic carbocycles. The third-order valence-electron chi connectivity index (χ3n) is 9.78. The Morgan fingerprint density at radius 3 is 1.70 bits per heavy atom. The summed E-state index contributed by atoms with van der Waals surface area (Å²) in [5.41, 5.74) is 9.94. The van der Waals surface area contributed by atoms with E-state index in [9.17, 15) is 0 Å². The van der Waals surface area contributed by atoms with Crippen LogP contribution in [-0.4, -0.2) is 19.9 Å². The maximum Gasteiger partial charge on any atom is 0.227 e. The fraction of sp³-hybridized carbons (Fsp3) is 0. The highest BCUT2D eigenvalue weighted by Crippen LogP contribution is 2.45. The van der Waals surface area contributed by atoms with Gasteiger partial charge in [-0.05, 0) is 48.0 Å². The second-order valence-electron chi connectivity index (χ2n) is 13.0. The van der Waals surface area contributed by atoms with E-state index in [4.69, 9.17) is 33.2 Å². The summed E-state index contributed by atoms with van der Waals surface area (Å²) in [7, 11) is 0. The van der Waals surface area contributed by atoms with Crippen molar-refractivity contribution in [2.45, 2.75) is 0 Å². The molecule has 0 radical (unpaired) electrons. The lowest BCUT2D eigenvalue weighted by Gasteiger charge is -2.11. The lowest BCUT2D eigenvalue weighted by Crippen LogP contribution is -2.00. The van der Waals surface area contributed by atoms with Crippen molar-refractivity contribution in [2.24, 2.45) is 0 Å². The summed E-state index contributed by atoms with van der Waals surface area (Å²) in [5.74, 6) is 2.34. The SMILES string of the molecule is c1ccc(-c2nc(-c3ccccc3)nc(-c3ccc(-c4cccc5oc6cc7nc(-c8ccccc8)oc7cc6c45)c4oc5ccccc5c34)n2)cc1. The first-order chi connectivity index (χ1) is 26.2. The van der Waals surface area contributed by atoms with Crippen LogP contribution in [0.1, 0.15) is 0 Å². The Balaban J connectivity index is 1.15. The fourth-order valence-corrected chi connectivity index (χ4v) is 7.33. The summed E-state index contributed by atoms with van der Waals surface area (Å²) in [6.07, 6.45) is 0. The summed E-state index contributed by atoms with van der Waals surface area (Å²) >= 11 is 0. The van der Waals surface area contributed by atoms with Gasteiger partial charge in [0.2, 0.25) is 5.89 Å². The molecule has 0 saturated carbocycles. The van der Waals surface area contributed by atoms with Crippen molar-refractivity contribution in [3.63, 3.8) is 0 Å². The first-order valence-electron chi connectivity index (χ1n) is 17.4. The van der Waals surface area contributed by atoms with Crippen molar-refractivity contribution in [2.75, 3.05) is 0 Å². The standard InChI is InChI=1S/C46H26N4O3/c1-4-13-27(14-5-1)43-48-44(28-15-6-2-7-16-28)50-45(49-43)33-24-23-31(42-41(33)32-19-10-11-21-36(32)52-42)30-20-12-22-37-40(30)34-25-39-35(26-38(34)51-37)47-46(53-39)29-17-8-3-9-18-29/h1-26H. The highest BCUT2D eigenvalue weighted by Gasteiger charge is 2.23. The Morgan fingerprint density at radius 2 is 0.962 bits per heavy atom. The van der Waals surface area contributed by atoms with Crippen molar-refractivity contribution < 1.29 is 13.3 Å². The molecule has 0 spiro atoms. The molecule has 0 amide bonds. The van der Waals surface area contributed by atoms with Crippen LogP contribution in [-0.2, 0) is 0 Å². The van der Waals surface area contributed by atoms with Gasteiger partial charge in [-0.15, -0.1) is 0 Å². The normalized spacial score (nSPS) is 11.8. The molecule has 0 aliphatic carbocycles. The molecular weight excluding hydrogens is 657 g/mol. The third kappa shape index (κ3) is 4.75. The minimum atomic E-state index is 0.565. The minimum Gasteiger partial charge on any atom is -0.456 e. The van der Waals surface area contributed by atoms with Crippen LogP contribution >= 0.6 is 0 Å². The zero-order valence-electron chi connectivity index (χ0n) is 28.0. The quantitative estimate of drug-likeness (QED) is 0.178. The number of aromatic nitrogens is 4. The average Bonchev–Trinajstić information content (AvgIpc) is 3.93. The van der Waals surface area contributed by atoms with E-state index in [1.807, 2.05) is 133 Å². The first-order valence-corrected chi connectivity index (χ1v) is 17.4. The number of nitrogens with zero attached hydrogens (tertiary/aromatic N) is 4. The number of para-hydroxylation sites is 1. The van der Waals surface area contributed by atoms with Gasteiger partial charge < -0.3 is 13.3 Å². The Labute approximate surface area is 301 Å². The van der Waals surface area contributed by atoms with Crippen molar-refractivity contribution in [1.82, 2.24) is 19.9 Å². The molecule has 0 N–H and O–H groups in total. The van der Waals surface area contributed by atoms with E-state index in [-0.39, 0.29) is 0 Å². The first kappa shape index (κ1) is 29.4. The van der Waals surface area contributed by atoms with Crippen LogP contribution in [0.3, 0.4) is 0 Å². The zero-order chi connectivity index (χ0) is 34.9. The number of rotatable bonds is 5. The largest absolute Gasteiger partial charge is 0.456 e. The predicted molar refractivity (Wildman–Crippen MR) is 209 cm³/mol. The Hall–Kier alpha value is -7.38. The van der Waals surface area contributed by atoms with Crippen LogP contribution in [0.15, 0.2) is 171 Å². The Bertz CT molecular complexity index is 3110. The number of hydrogen-bond donors (Lipinski definition) is 0. The molecular formula is C46H26N4O3. The maximum absolute atomic E-state index is 6.76. The molecule has 0 unspecified atom stereocenters. The number of hydrogen-bond acceptors (Lipinski definition) is 7. The van der Waals surface area contributed by atoms with E-state index < -0.39 is 0 Å². The van der Waals surface area contributed by atoms with Crippen molar-refractivity contribution in [1.29, 1.82) is 0 Å². The van der Waals surface area contributed by atoms with Gasteiger partial charge in [0, 0.05) is 55.4 Å². The molecule has 11 aromatic rings. The molecule has 4 aromatic heterocycles. The number of benzene rings is 7. The molecule has 0 saturated heterocycles. The minimum absolute atomic E-state index is 0.565. The molecule has 248 valence electrons. The summed E-state index contributed by atoms with van der Waals surface area (Å²) in [5, 5.41) is 3.81. The summed E-state index contributed by atoms with van der Waals surface area (Å²) in [6, 6.07) is 52.4. The molecule has 0 aliphatic rings. The number of fused-ring (bicyclic) bond motifs is 7. The van der Waals surface area contributed by atoms with Crippen LogP contribution in [0.25, 0.3) is 112 Å². The van der Waals surface area contributed by atoms with Crippen molar-refractivity contribution in [3.8, 4) is 56.7 Å². The molecule has 0 aliphatic heterocycles. The lowest BCUT2D eigenvalue weighted by atomic mass is 9.95. The van der Waals surface area contributed by atoms with E-state index in [1.54, 1.807) is 0 Å². The summed E-state index contributed by atoms with van der Waals surface area (Å²) in [6.45, 7) is 0. The average molecular weight is 683 g/mol. The molecule has 53 heavy (non-hydrogen) atoms. The molecule has 7 nitrogen and oxygen atoms in total. The third-order valence-corrected chi connectivity index (χ3v) is 9.78. The van der Waals surface area contributed by atoms with Gasteiger partial charge >= 0.3 is 0 Å². The van der Waals surface area contributed by atoms with Gasteiger partial charge in [-0.25, -0.2) is 19.9 Å². The van der Waals surface area contributed by atoms with Gasteiger partial charge in [0.15, 0.2) is 23.1 Å².